The minimum absolute atomic E-state index is 0.0839. The van der Waals surface area contributed by atoms with E-state index in [9.17, 15) is 18.0 Å². The van der Waals surface area contributed by atoms with Crippen LogP contribution in [0.15, 0.2) is 82.2 Å². The molecule has 0 aliphatic heterocycles. The zero-order chi connectivity index (χ0) is 29.4. The molecule has 0 spiro atoms. The smallest absolute Gasteiger partial charge is 0.264 e. The molecule has 0 saturated carbocycles. The van der Waals surface area contributed by atoms with E-state index >= 15 is 0 Å². The number of hydrogen-bond acceptors (Lipinski definition) is 4. The van der Waals surface area contributed by atoms with E-state index in [1.165, 1.54) is 4.90 Å². The van der Waals surface area contributed by atoms with Crippen LogP contribution in [0.3, 0.4) is 0 Å². The van der Waals surface area contributed by atoms with E-state index in [4.69, 9.17) is 0 Å². The summed E-state index contributed by atoms with van der Waals surface area (Å²) in [6, 6.07) is 20.3. The number of sulfonamides is 1. The third kappa shape index (κ3) is 8.17. The maximum atomic E-state index is 14.1. The quantitative estimate of drug-likeness (QED) is 0.273. The summed E-state index contributed by atoms with van der Waals surface area (Å²) in [6.45, 7) is 9.91. The summed E-state index contributed by atoms with van der Waals surface area (Å²) in [5.74, 6) is -0.478. The van der Waals surface area contributed by atoms with Gasteiger partial charge in [0, 0.05) is 17.6 Å². The van der Waals surface area contributed by atoms with Gasteiger partial charge in [0.1, 0.15) is 12.6 Å². The fourth-order valence-electron chi connectivity index (χ4n) is 4.21. The minimum Gasteiger partial charge on any atom is -0.354 e. The molecule has 2 amide bonds. The molecule has 0 radical (unpaired) electrons. The molecule has 0 aromatic heterocycles. The van der Waals surface area contributed by atoms with Crippen LogP contribution in [0, 0.1) is 19.8 Å². The summed E-state index contributed by atoms with van der Waals surface area (Å²) in [7, 11) is -4.09. The number of carbonyl (C=O) groups is 2. The Kier molecular flexibility index (Phi) is 10.9. The van der Waals surface area contributed by atoms with Crippen LogP contribution in [0.4, 0.5) is 5.69 Å². The first-order valence-electron chi connectivity index (χ1n) is 13.4. The SMILES string of the molecule is CC[C@@H](C(=O)NCC(C)C)N(Cc1ccc(C)cc1)C(=O)CN(c1ccc(Br)cc1)S(=O)(=O)c1ccc(C)cc1. The van der Waals surface area contributed by atoms with Crippen molar-refractivity contribution in [3.63, 3.8) is 0 Å². The van der Waals surface area contributed by atoms with Gasteiger partial charge in [0.2, 0.25) is 11.8 Å². The van der Waals surface area contributed by atoms with Crippen LogP contribution in [0.5, 0.6) is 0 Å². The molecule has 0 aliphatic carbocycles. The molecule has 3 rings (SSSR count). The number of hydrogen-bond donors (Lipinski definition) is 1. The number of nitrogens with one attached hydrogen (secondary N) is 1. The summed E-state index contributed by atoms with van der Waals surface area (Å²) < 4.78 is 29.7. The van der Waals surface area contributed by atoms with Crippen LogP contribution in [-0.2, 0) is 26.2 Å². The molecule has 40 heavy (non-hydrogen) atoms. The minimum atomic E-state index is -4.09. The van der Waals surface area contributed by atoms with Gasteiger partial charge in [-0.25, -0.2) is 8.42 Å². The first kappa shape index (κ1) is 31.4. The molecule has 0 aliphatic rings. The molecule has 3 aromatic rings. The highest BCUT2D eigenvalue weighted by Gasteiger charge is 2.33. The molecule has 1 atom stereocenters. The molecule has 1 N–H and O–H groups in total. The summed E-state index contributed by atoms with van der Waals surface area (Å²) in [5, 5.41) is 2.95. The largest absolute Gasteiger partial charge is 0.354 e. The molecule has 0 unspecified atom stereocenters. The van der Waals surface area contributed by atoms with Crippen molar-refractivity contribution < 1.29 is 18.0 Å². The lowest BCUT2D eigenvalue weighted by Gasteiger charge is -2.33. The fraction of sp³-hybridized carbons (Fsp3) is 0.355. The predicted molar refractivity (Wildman–Crippen MR) is 164 cm³/mol. The van der Waals surface area contributed by atoms with Crippen molar-refractivity contribution in [2.75, 3.05) is 17.4 Å². The van der Waals surface area contributed by atoms with Gasteiger partial charge in [0.25, 0.3) is 10.0 Å². The van der Waals surface area contributed by atoms with Gasteiger partial charge >= 0.3 is 0 Å². The van der Waals surface area contributed by atoms with Crippen LogP contribution < -0.4 is 9.62 Å². The van der Waals surface area contributed by atoms with E-state index in [1.807, 2.05) is 58.9 Å². The lowest BCUT2D eigenvalue weighted by molar-refractivity contribution is -0.140. The summed E-state index contributed by atoms with van der Waals surface area (Å²) in [5.41, 5.74) is 3.21. The number of halogens is 1. The Balaban J connectivity index is 2.03. The van der Waals surface area contributed by atoms with Gasteiger partial charge in [0.05, 0.1) is 10.6 Å². The van der Waals surface area contributed by atoms with E-state index in [0.717, 1.165) is 25.5 Å². The molecule has 0 bridgehead atoms. The fourth-order valence-corrected chi connectivity index (χ4v) is 5.88. The molecule has 0 heterocycles. The van der Waals surface area contributed by atoms with Crippen molar-refractivity contribution in [1.82, 2.24) is 10.2 Å². The van der Waals surface area contributed by atoms with Crippen molar-refractivity contribution in [2.45, 2.75) is 58.5 Å². The Labute approximate surface area is 246 Å². The van der Waals surface area contributed by atoms with Crippen molar-refractivity contribution in [2.24, 2.45) is 5.92 Å². The maximum Gasteiger partial charge on any atom is 0.264 e. The summed E-state index contributed by atoms with van der Waals surface area (Å²) in [6.07, 6.45) is 0.379. The number of aryl methyl sites for hydroxylation is 2. The van der Waals surface area contributed by atoms with E-state index < -0.39 is 28.5 Å². The van der Waals surface area contributed by atoms with Gasteiger partial charge in [-0.3, -0.25) is 13.9 Å². The van der Waals surface area contributed by atoms with Crippen LogP contribution in [0.1, 0.15) is 43.9 Å². The predicted octanol–water partition coefficient (Wildman–Crippen LogP) is 5.84. The molecule has 9 heteroatoms. The van der Waals surface area contributed by atoms with Gasteiger partial charge in [-0.15, -0.1) is 0 Å². The van der Waals surface area contributed by atoms with Gasteiger partial charge in [-0.2, -0.15) is 0 Å². The lowest BCUT2D eigenvalue weighted by Crippen LogP contribution is -2.52. The molecule has 7 nitrogen and oxygen atoms in total. The van der Waals surface area contributed by atoms with Crippen LogP contribution in [0.25, 0.3) is 0 Å². The van der Waals surface area contributed by atoms with Gasteiger partial charge < -0.3 is 10.2 Å². The monoisotopic (exact) mass is 627 g/mol. The van der Waals surface area contributed by atoms with Crippen molar-refractivity contribution in [1.29, 1.82) is 0 Å². The second-order valence-electron chi connectivity index (χ2n) is 10.4. The molecule has 0 saturated heterocycles. The first-order valence-corrected chi connectivity index (χ1v) is 15.6. The Hall–Kier alpha value is -3.17. The Morgan fingerprint density at radius 2 is 1.43 bits per heavy atom. The Bertz CT molecular complexity index is 1390. The Morgan fingerprint density at radius 3 is 1.95 bits per heavy atom. The maximum absolute atomic E-state index is 14.1. The van der Waals surface area contributed by atoms with Crippen molar-refractivity contribution in [3.05, 3.63) is 94.0 Å². The van der Waals surface area contributed by atoms with Gasteiger partial charge in [0.15, 0.2) is 0 Å². The molecule has 0 fully saturated rings. The third-order valence-electron chi connectivity index (χ3n) is 6.55. The van der Waals surface area contributed by atoms with E-state index in [0.29, 0.717) is 18.7 Å². The highest BCUT2D eigenvalue weighted by molar-refractivity contribution is 9.10. The second-order valence-corrected chi connectivity index (χ2v) is 13.1. The number of carbonyl (C=O) groups excluding carboxylic acids is 2. The van der Waals surface area contributed by atoms with E-state index in [1.54, 1.807) is 48.5 Å². The number of nitrogens with zero attached hydrogens (tertiary/aromatic N) is 2. The lowest BCUT2D eigenvalue weighted by atomic mass is 10.1. The first-order chi connectivity index (χ1) is 18.9. The van der Waals surface area contributed by atoms with Crippen molar-refractivity contribution in [3.8, 4) is 0 Å². The van der Waals surface area contributed by atoms with Crippen molar-refractivity contribution >= 4 is 43.5 Å². The van der Waals surface area contributed by atoms with Crippen LogP contribution in [0.2, 0.25) is 0 Å². The number of amides is 2. The summed E-state index contributed by atoms with van der Waals surface area (Å²) in [4.78, 5) is 28.9. The second kappa shape index (κ2) is 13.9. The molecule has 3 aromatic carbocycles. The Morgan fingerprint density at radius 1 is 0.875 bits per heavy atom. The van der Waals surface area contributed by atoms with Crippen LogP contribution >= 0.6 is 15.9 Å². The highest BCUT2D eigenvalue weighted by atomic mass is 79.9. The number of benzene rings is 3. The summed E-state index contributed by atoms with van der Waals surface area (Å²) >= 11 is 3.40. The van der Waals surface area contributed by atoms with E-state index in [2.05, 4.69) is 21.2 Å². The standard InChI is InChI=1S/C31H38BrN3O4S/c1-6-29(31(37)33-19-22(2)3)34(20-25-11-7-23(4)8-12-25)30(36)21-35(27-15-13-26(32)14-16-27)40(38,39)28-17-9-24(5)10-18-28/h7-18,22,29H,6,19-21H2,1-5H3,(H,33,37)/t29-/m0/s1. The number of anilines is 1. The van der Waals surface area contributed by atoms with Crippen LogP contribution in [-0.4, -0.2) is 44.3 Å². The molecular formula is C31H38BrN3O4S. The molecule has 214 valence electrons. The van der Waals surface area contributed by atoms with Gasteiger partial charge in [-0.05, 0) is 68.1 Å². The zero-order valence-electron chi connectivity index (χ0n) is 23.7. The topological polar surface area (TPSA) is 86.8 Å². The zero-order valence-corrected chi connectivity index (χ0v) is 26.1. The average molecular weight is 629 g/mol. The van der Waals surface area contributed by atoms with E-state index in [-0.39, 0.29) is 23.3 Å². The molecular weight excluding hydrogens is 590 g/mol. The van der Waals surface area contributed by atoms with Gasteiger partial charge in [-0.1, -0.05) is 84.2 Å². The number of rotatable bonds is 12. The normalized spacial score (nSPS) is 12.2. The highest BCUT2D eigenvalue weighted by Crippen LogP contribution is 2.26. The third-order valence-corrected chi connectivity index (χ3v) is 8.86. The average Bonchev–Trinajstić information content (AvgIpc) is 2.92.